The second-order valence-corrected chi connectivity index (χ2v) is 7.62. The third-order valence-corrected chi connectivity index (χ3v) is 5.65. The standard InChI is InChI=1S/C23H28N2O3.ClH/c1-16-6-5-9-22(17(16)2)28-15-19(26)14-25-21-8-4-3-7-20(21)24-23(25)18-10-12-27-13-11-18;/h3-9,18-19,26H,10-15H2,1-2H3;1H. The van der Waals surface area contributed by atoms with Crippen LogP contribution in [0, 0.1) is 13.8 Å². The van der Waals surface area contributed by atoms with Gasteiger partial charge in [-0.05, 0) is 56.0 Å². The van der Waals surface area contributed by atoms with Crippen LogP contribution >= 0.6 is 12.4 Å². The molecular weight excluding hydrogens is 388 g/mol. The second-order valence-electron chi connectivity index (χ2n) is 7.62. The van der Waals surface area contributed by atoms with E-state index >= 15 is 0 Å². The molecule has 1 aromatic heterocycles. The summed E-state index contributed by atoms with van der Waals surface area (Å²) in [6.45, 7) is 6.38. The Morgan fingerprint density at radius 1 is 1.14 bits per heavy atom. The molecule has 156 valence electrons. The molecular formula is C23H29ClN2O3. The molecule has 0 aliphatic carbocycles. The van der Waals surface area contributed by atoms with E-state index in [2.05, 4.69) is 23.6 Å². The van der Waals surface area contributed by atoms with E-state index in [1.54, 1.807) is 0 Å². The molecule has 29 heavy (non-hydrogen) atoms. The fraction of sp³-hybridized carbons (Fsp3) is 0.435. The summed E-state index contributed by atoms with van der Waals surface area (Å²) < 4.78 is 13.6. The van der Waals surface area contributed by atoms with Crippen molar-refractivity contribution in [2.45, 2.75) is 45.3 Å². The number of aryl methyl sites for hydroxylation is 1. The lowest BCUT2D eigenvalue weighted by molar-refractivity contribution is 0.0779. The molecule has 0 bridgehead atoms. The topological polar surface area (TPSA) is 56.5 Å². The van der Waals surface area contributed by atoms with E-state index in [0.29, 0.717) is 12.5 Å². The third-order valence-electron chi connectivity index (χ3n) is 5.65. The fourth-order valence-corrected chi connectivity index (χ4v) is 3.88. The number of imidazole rings is 1. The number of aromatic nitrogens is 2. The van der Waals surface area contributed by atoms with Gasteiger partial charge in [-0.25, -0.2) is 4.98 Å². The van der Waals surface area contributed by atoms with Gasteiger partial charge in [-0.15, -0.1) is 12.4 Å². The first-order chi connectivity index (χ1) is 13.6. The van der Waals surface area contributed by atoms with Crippen molar-refractivity contribution >= 4 is 23.4 Å². The van der Waals surface area contributed by atoms with Gasteiger partial charge in [0.15, 0.2) is 0 Å². The quantitative estimate of drug-likeness (QED) is 0.646. The summed E-state index contributed by atoms with van der Waals surface area (Å²) in [5.41, 5.74) is 4.35. The molecule has 0 spiro atoms. The predicted octanol–water partition coefficient (Wildman–Crippen LogP) is 4.41. The van der Waals surface area contributed by atoms with Crippen LogP contribution in [0.3, 0.4) is 0 Å². The predicted molar refractivity (Wildman–Crippen MR) is 117 cm³/mol. The van der Waals surface area contributed by atoms with Crippen molar-refractivity contribution in [1.29, 1.82) is 0 Å². The Morgan fingerprint density at radius 2 is 1.90 bits per heavy atom. The zero-order valence-corrected chi connectivity index (χ0v) is 17.8. The van der Waals surface area contributed by atoms with Crippen molar-refractivity contribution in [3.63, 3.8) is 0 Å². The Hall–Kier alpha value is -2.08. The SMILES string of the molecule is Cc1cccc(OCC(O)Cn2c(C3CCOCC3)nc3ccccc32)c1C.Cl. The van der Waals surface area contributed by atoms with Crippen LogP contribution in [0.25, 0.3) is 11.0 Å². The summed E-state index contributed by atoms with van der Waals surface area (Å²) in [4.78, 5) is 4.89. The normalized spacial score (nSPS) is 15.8. The number of hydrogen-bond acceptors (Lipinski definition) is 4. The largest absolute Gasteiger partial charge is 0.491 e. The van der Waals surface area contributed by atoms with Crippen LogP contribution < -0.4 is 4.74 Å². The zero-order chi connectivity index (χ0) is 19.5. The number of rotatable bonds is 6. The van der Waals surface area contributed by atoms with Crippen LogP contribution in [0.15, 0.2) is 42.5 Å². The highest BCUT2D eigenvalue weighted by Crippen LogP contribution is 2.30. The van der Waals surface area contributed by atoms with Crippen LogP contribution in [-0.4, -0.2) is 40.6 Å². The molecule has 1 unspecified atom stereocenters. The van der Waals surface area contributed by atoms with Crippen LogP contribution in [0.4, 0.5) is 0 Å². The first-order valence-electron chi connectivity index (χ1n) is 10.0. The van der Waals surface area contributed by atoms with Crippen LogP contribution in [0.5, 0.6) is 5.75 Å². The van der Waals surface area contributed by atoms with Crippen LogP contribution in [0.1, 0.15) is 35.7 Å². The van der Waals surface area contributed by atoms with E-state index < -0.39 is 6.10 Å². The Balaban J connectivity index is 0.00000240. The maximum absolute atomic E-state index is 10.7. The van der Waals surface area contributed by atoms with Gasteiger partial charge in [0.05, 0.1) is 17.6 Å². The molecule has 1 saturated heterocycles. The van der Waals surface area contributed by atoms with E-state index in [-0.39, 0.29) is 19.0 Å². The minimum atomic E-state index is -0.615. The van der Waals surface area contributed by atoms with Crippen molar-refractivity contribution in [2.75, 3.05) is 19.8 Å². The molecule has 1 N–H and O–H groups in total. The van der Waals surface area contributed by atoms with Crippen LogP contribution in [0.2, 0.25) is 0 Å². The summed E-state index contributed by atoms with van der Waals surface area (Å²) in [7, 11) is 0. The molecule has 1 fully saturated rings. The second kappa shape index (κ2) is 9.61. The molecule has 6 heteroatoms. The summed E-state index contributed by atoms with van der Waals surface area (Å²) in [5.74, 6) is 2.25. The average molecular weight is 417 g/mol. The molecule has 1 aliphatic heterocycles. The number of para-hydroxylation sites is 2. The number of ether oxygens (including phenoxy) is 2. The van der Waals surface area contributed by atoms with Gasteiger partial charge in [-0.3, -0.25) is 0 Å². The van der Waals surface area contributed by atoms with Crippen molar-refractivity contribution in [3.05, 3.63) is 59.4 Å². The number of halogens is 1. The Bertz CT molecular complexity index is 950. The zero-order valence-electron chi connectivity index (χ0n) is 17.0. The lowest BCUT2D eigenvalue weighted by Crippen LogP contribution is -2.26. The van der Waals surface area contributed by atoms with E-state index in [4.69, 9.17) is 14.5 Å². The van der Waals surface area contributed by atoms with Crippen molar-refractivity contribution in [2.24, 2.45) is 0 Å². The minimum absolute atomic E-state index is 0. The van der Waals surface area contributed by atoms with Gasteiger partial charge in [-0.1, -0.05) is 24.3 Å². The molecule has 0 radical (unpaired) electrons. The highest BCUT2D eigenvalue weighted by atomic mass is 35.5. The maximum atomic E-state index is 10.7. The molecule has 4 rings (SSSR count). The summed E-state index contributed by atoms with van der Waals surface area (Å²) in [6.07, 6.45) is 1.33. The third kappa shape index (κ3) is 4.74. The van der Waals surface area contributed by atoms with Gasteiger partial charge in [0.1, 0.15) is 24.3 Å². The molecule has 0 saturated carbocycles. The minimum Gasteiger partial charge on any atom is -0.491 e. The van der Waals surface area contributed by atoms with Gasteiger partial charge in [0, 0.05) is 19.1 Å². The molecule has 0 amide bonds. The summed E-state index contributed by atoms with van der Waals surface area (Å²) in [6, 6.07) is 14.1. The van der Waals surface area contributed by atoms with E-state index in [1.807, 2.05) is 37.3 Å². The molecule has 3 aromatic rings. The first kappa shape index (κ1) is 21.6. The van der Waals surface area contributed by atoms with Crippen molar-refractivity contribution in [3.8, 4) is 5.75 Å². The Morgan fingerprint density at radius 3 is 2.69 bits per heavy atom. The van der Waals surface area contributed by atoms with Gasteiger partial charge in [-0.2, -0.15) is 0 Å². The maximum Gasteiger partial charge on any atom is 0.122 e. The van der Waals surface area contributed by atoms with Crippen molar-refractivity contribution in [1.82, 2.24) is 9.55 Å². The highest BCUT2D eigenvalue weighted by molar-refractivity contribution is 5.85. The number of aliphatic hydroxyl groups excluding tert-OH is 1. The summed E-state index contributed by atoms with van der Waals surface area (Å²) >= 11 is 0. The van der Waals surface area contributed by atoms with Gasteiger partial charge < -0.3 is 19.1 Å². The number of aliphatic hydroxyl groups is 1. The van der Waals surface area contributed by atoms with Crippen molar-refractivity contribution < 1.29 is 14.6 Å². The molecule has 5 nitrogen and oxygen atoms in total. The van der Waals surface area contributed by atoms with E-state index in [1.165, 1.54) is 5.56 Å². The number of fused-ring (bicyclic) bond motifs is 1. The lowest BCUT2D eigenvalue weighted by atomic mass is 9.99. The smallest absolute Gasteiger partial charge is 0.122 e. The molecule has 2 aromatic carbocycles. The molecule has 1 atom stereocenters. The average Bonchev–Trinajstić information content (AvgIpc) is 3.08. The monoisotopic (exact) mass is 416 g/mol. The van der Waals surface area contributed by atoms with E-state index in [0.717, 1.165) is 54.2 Å². The van der Waals surface area contributed by atoms with Crippen LogP contribution in [-0.2, 0) is 11.3 Å². The Labute approximate surface area is 178 Å². The highest BCUT2D eigenvalue weighted by Gasteiger charge is 2.24. The van der Waals surface area contributed by atoms with Gasteiger partial charge in [0.2, 0.25) is 0 Å². The van der Waals surface area contributed by atoms with E-state index in [9.17, 15) is 5.11 Å². The number of hydrogen-bond donors (Lipinski definition) is 1. The fourth-order valence-electron chi connectivity index (χ4n) is 3.88. The van der Waals surface area contributed by atoms with Gasteiger partial charge >= 0.3 is 0 Å². The van der Waals surface area contributed by atoms with Gasteiger partial charge in [0.25, 0.3) is 0 Å². The number of nitrogens with zero attached hydrogens (tertiary/aromatic N) is 2. The summed E-state index contributed by atoms with van der Waals surface area (Å²) in [5, 5.41) is 10.7. The lowest BCUT2D eigenvalue weighted by Gasteiger charge is -2.24. The first-order valence-corrected chi connectivity index (χ1v) is 10.0. The molecule has 1 aliphatic rings. The molecule has 2 heterocycles. The Kier molecular flexibility index (Phi) is 7.17. The number of benzene rings is 2.